The molecule has 0 aliphatic carbocycles. The lowest BCUT2D eigenvalue weighted by atomic mass is 9.73. The maximum absolute atomic E-state index is 13.0. The summed E-state index contributed by atoms with van der Waals surface area (Å²) in [5, 5.41) is 8.94. The number of hydrogen-bond acceptors (Lipinski definition) is 10. The molecule has 2 atom stereocenters. The van der Waals surface area contributed by atoms with Gasteiger partial charge in [0.2, 0.25) is 0 Å². The van der Waals surface area contributed by atoms with E-state index in [9.17, 15) is 22.8 Å². The van der Waals surface area contributed by atoms with E-state index >= 15 is 0 Å². The van der Waals surface area contributed by atoms with E-state index < -0.39 is 44.8 Å². The molecule has 0 bridgehead atoms. The van der Waals surface area contributed by atoms with Gasteiger partial charge in [0.25, 0.3) is 10.1 Å². The molecule has 0 aliphatic rings. The van der Waals surface area contributed by atoms with Gasteiger partial charge >= 0.3 is 17.9 Å². The molecule has 1 rings (SSSR count). The summed E-state index contributed by atoms with van der Waals surface area (Å²) in [6.07, 6.45) is 1.41. The summed E-state index contributed by atoms with van der Waals surface area (Å²) < 4.78 is 45.3. The molecule has 0 aromatic heterocycles. The molecule has 1 aromatic rings. The number of aryl methyl sites for hydroxylation is 1. The lowest BCUT2D eigenvalue weighted by Gasteiger charge is -2.32. The van der Waals surface area contributed by atoms with Crippen molar-refractivity contribution in [1.29, 1.82) is 0 Å². The van der Waals surface area contributed by atoms with Crippen molar-refractivity contribution in [1.82, 2.24) is 0 Å². The lowest BCUT2D eigenvalue weighted by Crippen LogP contribution is -2.38. The monoisotopic (exact) mass is 558 g/mol. The molecule has 38 heavy (non-hydrogen) atoms. The van der Waals surface area contributed by atoms with Gasteiger partial charge in [-0.1, -0.05) is 24.6 Å². The quantitative estimate of drug-likeness (QED) is 0.130. The molecule has 216 valence electrons. The second-order valence-electron chi connectivity index (χ2n) is 10.2. The fraction of sp³-hybridized carbons (Fsp3) is 0.667. The molecule has 0 saturated heterocycles. The van der Waals surface area contributed by atoms with Crippen molar-refractivity contribution in [2.24, 2.45) is 16.7 Å². The second kappa shape index (κ2) is 15.2. The number of unbranched alkanes of at least 4 members (excludes halogenated alkanes) is 1. The molecule has 2 unspecified atom stereocenters. The van der Waals surface area contributed by atoms with Gasteiger partial charge in [0.1, 0.15) is 13.2 Å². The minimum absolute atomic E-state index is 0.00128. The first kappa shape index (κ1) is 33.5. The number of hydrogen-bond donors (Lipinski definition) is 1. The third kappa shape index (κ3) is 10.3. The molecule has 0 fully saturated rings. The highest BCUT2D eigenvalue weighted by Gasteiger charge is 2.42. The zero-order chi connectivity index (χ0) is 29.0. The minimum atomic E-state index is -4.00. The normalized spacial score (nSPS) is 14.3. The molecule has 1 N–H and O–H groups in total. The van der Waals surface area contributed by atoms with Gasteiger partial charge in [-0.3, -0.25) is 18.6 Å². The Morgan fingerprint density at radius 3 is 2.11 bits per heavy atom. The van der Waals surface area contributed by atoms with Gasteiger partial charge in [0.05, 0.1) is 35.4 Å². The van der Waals surface area contributed by atoms with Crippen LogP contribution in [0.5, 0.6) is 0 Å². The second-order valence-corrected chi connectivity index (χ2v) is 11.8. The van der Waals surface area contributed by atoms with Crippen molar-refractivity contribution in [3.05, 3.63) is 29.8 Å². The van der Waals surface area contributed by atoms with Crippen LogP contribution in [-0.2, 0) is 42.9 Å². The lowest BCUT2D eigenvalue weighted by molar-refractivity contribution is -0.161. The number of esters is 3. The molecule has 0 saturated carbocycles. The third-order valence-electron chi connectivity index (χ3n) is 6.46. The topological polar surface area (TPSA) is 142 Å². The molecule has 0 heterocycles. The summed E-state index contributed by atoms with van der Waals surface area (Å²) >= 11 is 0. The molecule has 0 aliphatic heterocycles. The average Bonchev–Trinajstić information content (AvgIpc) is 2.87. The van der Waals surface area contributed by atoms with Crippen molar-refractivity contribution in [3.8, 4) is 0 Å². The summed E-state index contributed by atoms with van der Waals surface area (Å²) in [5.74, 6) is -2.48. The number of aliphatic hydroxyl groups excluding tert-OH is 1. The minimum Gasteiger partial charge on any atom is -0.469 e. The number of benzene rings is 1. The van der Waals surface area contributed by atoms with Crippen LogP contribution in [0.25, 0.3) is 0 Å². The highest BCUT2D eigenvalue weighted by atomic mass is 32.2. The number of rotatable bonds is 17. The SMILES string of the molecule is CCC(C)(CC(CC(C)(C)C(=O)OC)C(=O)OCCCCO)C(=O)OCCOS(=O)(=O)c1ccc(C)cc1. The molecule has 10 nitrogen and oxygen atoms in total. The highest BCUT2D eigenvalue weighted by molar-refractivity contribution is 7.86. The molecule has 11 heteroatoms. The number of carbonyl (C=O) groups excluding carboxylic acids is 3. The summed E-state index contributed by atoms with van der Waals surface area (Å²) in [5.41, 5.74) is -1.23. The van der Waals surface area contributed by atoms with Crippen LogP contribution >= 0.6 is 0 Å². The number of ether oxygens (including phenoxy) is 3. The van der Waals surface area contributed by atoms with E-state index in [-0.39, 0.29) is 44.2 Å². The Bertz CT molecular complexity index is 1020. The predicted octanol–water partition coefficient (Wildman–Crippen LogP) is 3.57. The molecule has 0 spiro atoms. The van der Waals surface area contributed by atoms with E-state index in [1.807, 2.05) is 6.92 Å². The van der Waals surface area contributed by atoms with Gasteiger partial charge in [-0.2, -0.15) is 8.42 Å². The Labute approximate surface area is 226 Å². The summed E-state index contributed by atoms with van der Waals surface area (Å²) in [6.45, 7) is 7.97. The van der Waals surface area contributed by atoms with Gasteiger partial charge < -0.3 is 19.3 Å². The van der Waals surface area contributed by atoms with Gasteiger partial charge in [-0.15, -0.1) is 0 Å². The first-order valence-corrected chi connectivity index (χ1v) is 14.1. The summed E-state index contributed by atoms with van der Waals surface area (Å²) in [7, 11) is -2.74. The Morgan fingerprint density at radius 2 is 1.55 bits per heavy atom. The van der Waals surface area contributed by atoms with Crippen LogP contribution < -0.4 is 0 Å². The van der Waals surface area contributed by atoms with Crippen LogP contribution in [0.2, 0.25) is 0 Å². The smallest absolute Gasteiger partial charge is 0.311 e. The van der Waals surface area contributed by atoms with Crippen LogP contribution in [-0.4, -0.2) is 65.0 Å². The first-order valence-electron chi connectivity index (χ1n) is 12.7. The third-order valence-corrected chi connectivity index (χ3v) is 7.79. The van der Waals surface area contributed by atoms with Crippen LogP contribution in [0.4, 0.5) is 0 Å². The predicted molar refractivity (Wildman–Crippen MR) is 139 cm³/mol. The van der Waals surface area contributed by atoms with Crippen molar-refractivity contribution in [3.63, 3.8) is 0 Å². The maximum atomic E-state index is 13.0. The Morgan fingerprint density at radius 1 is 0.921 bits per heavy atom. The van der Waals surface area contributed by atoms with E-state index in [0.29, 0.717) is 19.3 Å². The Hall–Kier alpha value is -2.50. The molecule has 1 aromatic carbocycles. The molecule has 0 radical (unpaired) electrons. The average molecular weight is 559 g/mol. The van der Waals surface area contributed by atoms with Crippen LogP contribution in [0, 0.1) is 23.7 Å². The highest BCUT2D eigenvalue weighted by Crippen LogP contribution is 2.38. The van der Waals surface area contributed by atoms with Crippen LogP contribution in [0.1, 0.15) is 65.4 Å². The first-order chi connectivity index (χ1) is 17.7. The summed E-state index contributed by atoms with van der Waals surface area (Å²) in [6, 6.07) is 6.17. The number of methoxy groups -OCH3 is 1. The molecule has 0 amide bonds. The van der Waals surface area contributed by atoms with Gasteiger partial charge in [-0.05, 0) is 71.9 Å². The standard InChI is InChI=1S/C27H42O10S/c1-7-27(5,25(31)36-16-17-37-38(32,33)22-12-10-20(2)11-13-22)19-21(18-26(3,4)24(30)34-6)23(29)35-15-9-8-14-28/h10-13,21,28H,7-9,14-19H2,1-6H3. The van der Waals surface area contributed by atoms with E-state index in [2.05, 4.69) is 0 Å². The Kier molecular flexibility index (Phi) is 13.4. The van der Waals surface area contributed by atoms with E-state index in [0.717, 1.165) is 5.56 Å². The number of aliphatic hydroxyl groups is 1. The van der Waals surface area contributed by atoms with Crippen molar-refractivity contribution in [2.75, 3.05) is 33.5 Å². The largest absolute Gasteiger partial charge is 0.469 e. The zero-order valence-electron chi connectivity index (χ0n) is 23.3. The van der Waals surface area contributed by atoms with Crippen LogP contribution in [0.3, 0.4) is 0 Å². The van der Waals surface area contributed by atoms with E-state index in [1.165, 1.54) is 19.2 Å². The maximum Gasteiger partial charge on any atom is 0.311 e. The van der Waals surface area contributed by atoms with Gasteiger partial charge in [-0.25, -0.2) is 0 Å². The zero-order valence-corrected chi connectivity index (χ0v) is 24.1. The molecular weight excluding hydrogens is 516 g/mol. The Balaban J connectivity index is 2.88. The van der Waals surface area contributed by atoms with Crippen molar-refractivity contribution < 1.29 is 46.3 Å². The summed E-state index contributed by atoms with van der Waals surface area (Å²) in [4.78, 5) is 38.3. The van der Waals surface area contributed by atoms with Gasteiger partial charge in [0.15, 0.2) is 0 Å². The van der Waals surface area contributed by atoms with E-state index in [1.54, 1.807) is 39.8 Å². The molecular formula is C27H42O10S. The fourth-order valence-corrected chi connectivity index (χ4v) is 4.75. The van der Waals surface area contributed by atoms with Crippen LogP contribution in [0.15, 0.2) is 29.2 Å². The number of carbonyl (C=O) groups is 3. The van der Waals surface area contributed by atoms with Crippen molar-refractivity contribution in [2.45, 2.75) is 71.6 Å². The van der Waals surface area contributed by atoms with E-state index in [4.69, 9.17) is 23.5 Å². The van der Waals surface area contributed by atoms with Gasteiger partial charge in [0, 0.05) is 6.61 Å². The fourth-order valence-electron chi connectivity index (χ4n) is 3.86. The van der Waals surface area contributed by atoms with Crippen molar-refractivity contribution >= 4 is 28.0 Å².